The summed E-state index contributed by atoms with van der Waals surface area (Å²) in [6.07, 6.45) is 15.6. The quantitative estimate of drug-likeness (QED) is 0.569. The molecule has 0 atom stereocenters. The topological polar surface area (TPSA) is 27.3 Å². The van der Waals surface area contributed by atoms with Crippen LogP contribution in [-0.4, -0.2) is 44.3 Å². The van der Waals surface area contributed by atoms with Gasteiger partial charge in [-0.15, -0.1) is 0 Å². The first kappa shape index (κ1) is 18.9. The summed E-state index contributed by atoms with van der Waals surface area (Å²) in [5.74, 6) is 0. The van der Waals surface area contributed by atoms with E-state index in [2.05, 4.69) is 22.5 Å². The van der Waals surface area contributed by atoms with E-state index in [0.717, 1.165) is 19.8 Å². The first-order chi connectivity index (χ1) is 10.4. The van der Waals surface area contributed by atoms with Crippen LogP contribution in [0.5, 0.6) is 0 Å². The van der Waals surface area contributed by atoms with Crippen molar-refractivity contribution in [3.05, 3.63) is 0 Å². The van der Waals surface area contributed by atoms with Crippen molar-refractivity contribution in [2.24, 2.45) is 0 Å². The molecule has 1 saturated heterocycles. The van der Waals surface area contributed by atoms with Crippen LogP contribution in [0.15, 0.2) is 0 Å². The van der Waals surface area contributed by atoms with Gasteiger partial charge in [0.15, 0.2) is 0 Å². The van der Waals surface area contributed by atoms with Gasteiger partial charge in [-0.05, 0) is 32.5 Å². The summed E-state index contributed by atoms with van der Waals surface area (Å²) in [6.45, 7) is 9.31. The van der Waals surface area contributed by atoms with Gasteiger partial charge < -0.3 is 10.6 Å². The van der Waals surface area contributed by atoms with Crippen molar-refractivity contribution < 1.29 is 0 Å². The van der Waals surface area contributed by atoms with Gasteiger partial charge in [0.2, 0.25) is 0 Å². The number of hydrogen-bond donors (Lipinski definition) is 2. The van der Waals surface area contributed by atoms with E-state index in [0.29, 0.717) is 0 Å². The molecule has 0 saturated carbocycles. The van der Waals surface area contributed by atoms with E-state index in [9.17, 15) is 0 Å². The summed E-state index contributed by atoms with van der Waals surface area (Å²) >= 11 is 0. The Morgan fingerprint density at radius 3 is 2.05 bits per heavy atom. The average molecular weight is 298 g/mol. The van der Waals surface area contributed by atoms with Crippen molar-refractivity contribution >= 4 is 0 Å². The van der Waals surface area contributed by atoms with Crippen LogP contribution in [-0.2, 0) is 0 Å². The average Bonchev–Trinajstić information content (AvgIpc) is 2.63. The van der Waals surface area contributed by atoms with Crippen molar-refractivity contribution in [1.82, 2.24) is 15.5 Å². The van der Waals surface area contributed by atoms with Crippen LogP contribution in [0, 0.1) is 0 Å². The van der Waals surface area contributed by atoms with Gasteiger partial charge in [-0.3, -0.25) is 4.90 Å². The van der Waals surface area contributed by atoms with E-state index in [1.807, 2.05) is 0 Å². The monoisotopic (exact) mass is 297 g/mol. The van der Waals surface area contributed by atoms with Crippen LogP contribution in [0.2, 0.25) is 0 Å². The maximum atomic E-state index is 3.55. The molecule has 0 aliphatic carbocycles. The van der Waals surface area contributed by atoms with Crippen LogP contribution < -0.4 is 10.6 Å². The molecular weight excluding hydrogens is 258 g/mol. The lowest BCUT2D eigenvalue weighted by molar-refractivity contribution is 0.254. The van der Waals surface area contributed by atoms with E-state index in [4.69, 9.17) is 0 Å². The third-order valence-electron chi connectivity index (χ3n) is 4.48. The molecule has 0 unspecified atom stereocenters. The summed E-state index contributed by atoms with van der Waals surface area (Å²) < 4.78 is 0. The molecule has 0 amide bonds. The Morgan fingerprint density at radius 1 is 0.714 bits per heavy atom. The molecule has 0 bridgehead atoms. The SMILES string of the molecule is CCCCCCCCCCCCN1CCNCCCNC1. The molecular formula is C18H39N3. The predicted molar refractivity (Wildman–Crippen MR) is 93.8 cm³/mol. The van der Waals surface area contributed by atoms with E-state index in [-0.39, 0.29) is 0 Å². The number of unbranched alkanes of at least 4 members (excludes halogenated alkanes) is 9. The maximum Gasteiger partial charge on any atom is 0.0480 e. The molecule has 1 aliphatic rings. The zero-order chi connectivity index (χ0) is 15.0. The number of nitrogens with zero attached hydrogens (tertiary/aromatic N) is 1. The molecule has 0 radical (unpaired) electrons. The van der Waals surface area contributed by atoms with Crippen molar-refractivity contribution in [2.45, 2.75) is 77.6 Å². The molecule has 0 spiro atoms. The molecule has 3 heteroatoms. The lowest BCUT2D eigenvalue weighted by Gasteiger charge is -2.21. The Bertz CT molecular complexity index is 199. The molecule has 1 fully saturated rings. The van der Waals surface area contributed by atoms with E-state index >= 15 is 0 Å². The number of rotatable bonds is 11. The minimum atomic E-state index is 1.08. The highest BCUT2D eigenvalue weighted by Gasteiger charge is 2.05. The summed E-state index contributed by atoms with van der Waals surface area (Å²) in [4.78, 5) is 2.57. The fourth-order valence-corrected chi connectivity index (χ4v) is 3.03. The molecule has 2 N–H and O–H groups in total. The van der Waals surface area contributed by atoms with Gasteiger partial charge in [0.05, 0.1) is 0 Å². The van der Waals surface area contributed by atoms with Gasteiger partial charge >= 0.3 is 0 Å². The molecule has 21 heavy (non-hydrogen) atoms. The molecule has 1 heterocycles. The third kappa shape index (κ3) is 12.1. The second-order valence-electron chi connectivity index (χ2n) is 6.56. The highest BCUT2D eigenvalue weighted by Crippen LogP contribution is 2.10. The summed E-state index contributed by atoms with van der Waals surface area (Å²) in [6, 6.07) is 0. The van der Waals surface area contributed by atoms with Gasteiger partial charge in [-0.2, -0.15) is 0 Å². The minimum Gasteiger partial charge on any atom is -0.315 e. The standard InChI is InChI=1S/C18H39N3/c1-2-3-4-5-6-7-8-9-10-11-16-21-17-15-19-13-12-14-20-18-21/h19-20H,2-18H2,1H3. The normalized spacial score (nSPS) is 18.1. The van der Waals surface area contributed by atoms with Crippen LogP contribution in [0.3, 0.4) is 0 Å². The van der Waals surface area contributed by atoms with Crippen LogP contribution >= 0.6 is 0 Å². The van der Waals surface area contributed by atoms with Crippen molar-refractivity contribution in [2.75, 3.05) is 39.4 Å². The first-order valence-electron chi connectivity index (χ1n) is 9.57. The van der Waals surface area contributed by atoms with Gasteiger partial charge in [0, 0.05) is 19.8 Å². The second-order valence-corrected chi connectivity index (χ2v) is 6.56. The minimum absolute atomic E-state index is 1.08. The Morgan fingerprint density at radius 2 is 1.33 bits per heavy atom. The number of nitrogens with one attached hydrogen (secondary N) is 2. The van der Waals surface area contributed by atoms with Gasteiger partial charge in [0.1, 0.15) is 0 Å². The highest BCUT2D eigenvalue weighted by atomic mass is 15.2. The van der Waals surface area contributed by atoms with Crippen LogP contribution in [0.1, 0.15) is 77.6 Å². The highest BCUT2D eigenvalue weighted by molar-refractivity contribution is 4.63. The fraction of sp³-hybridized carbons (Fsp3) is 1.00. The molecule has 1 aliphatic heterocycles. The van der Waals surface area contributed by atoms with Gasteiger partial charge in [-0.1, -0.05) is 64.7 Å². The summed E-state index contributed by atoms with van der Waals surface area (Å²) in [7, 11) is 0. The van der Waals surface area contributed by atoms with Crippen LogP contribution in [0.25, 0.3) is 0 Å². The Labute approximate surface area is 133 Å². The Kier molecular flexibility index (Phi) is 13.3. The Balaban J connectivity index is 1.86. The van der Waals surface area contributed by atoms with E-state index < -0.39 is 0 Å². The Hall–Kier alpha value is -0.120. The van der Waals surface area contributed by atoms with Crippen LogP contribution in [0.4, 0.5) is 0 Å². The van der Waals surface area contributed by atoms with Crippen molar-refractivity contribution in [3.8, 4) is 0 Å². The smallest absolute Gasteiger partial charge is 0.0480 e. The van der Waals surface area contributed by atoms with Crippen molar-refractivity contribution in [1.29, 1.82) is 0 Å². The molecule has 126 valence electrons. The van der Waals surface area contributed by atoms with Gasteiger partial charge in [0.25, 0.3) is 0 Å². The largest absolute Gasteiger partial charge is 0.315 e. The second kappa shape index (κ2) is 14.8. The van der Waals surface area contributed by atoms with E-state index in [1.54, 1.807) is 0 Å². The van der Waals surface area contributed by atoms with Crippen molar-refractivity contribution in [3.63, 3.8) is 0 Å². The zero-order valence-electron chi connectivity index (χ0n) is 14.5. The molecule has 0 aromatic carbocycles. The van der Waals surface area contributed by atoms with Gasteiger partial charge in [-0.25, -0.2) is 0 Å². The fourth-order valence-electron chi connectivity index (χ4n) is 3.03. The molecule has 0 aromatic heterocycles. The molecule has 1 rings (SSSR count). The summed E-state index contributed by atoms with van der Waals surface area (Å²) in [5.41, 5.74) is 0. The lowest BCUT2D eigenvalue weighted by atomic mass is 10.1. The third-order valence-corrected chi connectivity index (χ3v) is 4.48. The maximum absolute atomic E-state index is 3.55. The predicted octanol–water partition coefficient (Wildman–Crippen LogP) is 3.75. The zero-order valence-corrected chi connectivity index (χ0v) is 14.5. The first-order valence-corrected chi connectivity index (χ1v) is 9.57. The lowest BCUT2D eigenvalue weighted by Crippen LogP contribution is -2.37. The summed E-state index contributed by atoms with van der Waals surface area (Å²) in [5, 5.41) is 7.06. The molecule has 3 nitrogen and oxygen atoms in total. The number of hydrogen-bond acceptors (Lipinski definition) is 3. The molecule has 0 aromatic rings. The van der Waals surface area contributed by atoms with E-state index in [1.165, 1.54) is 90.3 Å².